The number of ether oxygens (including phenoxy) is 2. The summed E-state index contributed by atoms with van der Waals surface area (Å²) in [4.78, 5) is 44.3. The van der Waals surface area contributed by atoms with Gasteiger partial charge in [-0.25, -0.2) is 9.78 Å². The lowest BCUT2D eigenvalue weighted by molar-refractivity contribution is -0.132. The van der Waals surface area contributed by atoms with Gasteiger partial charge in [-0.15, -0.1) is 0 Å². The number of esters is 1. The Labute approximate surface area is 211 Å². The first-order valence-electron chi connectivity index (χ1n) is 11.0. The van der Waals surface area contributed by atoms with E-state index in [1.807, 2.05) is 13.8 Å². The first-order chi connectivity index (χ1) is 17.1. The number of benzene rings is 2. The highest BCUT2D eigenvalue weighted by atomic mass is 32.1. The van der Waals surface area contributed by atoms with Crippen LogP contribution >= 0.6 is 11.3 Å². The number of aromatic hydroxyl groups is 1. The van der Waals surface area contributed by atoms with E-state index in [-0.39, 0.29) is 33.2 Å². The van der Waals surface area contributed by atoms with Gasteiger partial charge in [-0.1, -0.05) is 23.5 Å². The molecule has 36 heavy (non-hydrogen) atoms. The third kappa shape index (κ3) is 4.55. The molecule has 1 aliphatic heterocycles. The van der Waals surface area contributed by atoms with E-state index in [4.69, 9.17) is 9.47 Å². The number of Topliss-reactive ketones (excluding diaryl/α,β-unsaturated/α-hetero) is 1. The summed E-state index contributed by atoms with van der Waals surface area (Å²) in [5, 5.41) is 21.1. The Morgan fingerprint density at radius 2 is 1.72 bits per heavy atom. The summed E-state index contributed by atoms with van der Waals surface area (Å²) in [5.74, 6) is -2.20. The molecule has 1 atom stereocenters. The van der Waals surface area contributed by atoms with Crippen molar-refractivity contribution in [3.05, 3.63) is 75.8 Å². The van der Waals surface area contributed by atoms with Gasteiger partial charge in [0.1, 0.15) is 22.1 Å². The largest absolute Gasteiger partial charge is 0.508 e. The number of phenolic OH excluding ortho intramolecular Hbond substituents is 1. The Balaban J connectivity index is 1.87. The number of carbonyl (C=O) groups excluding carboxylic acids is 3. The Hall–Kier alpha value is -4.18. The molecule has 1 saturated heterocycles. The molecule has 2 N–H and O–H groups in total. The fourth-order valence-corrected chi connectivity index (χ4v) is 4.90. The van der Waals surface area contributed by atoms with Crippen molar-refractivity contribution >= 4 is 39.9 Å². The molecular weight excluding hydrogens is 484 g/mol. The van der Waals surface area contributed by atoms with Crippen LogP contribution in [0.1, 0.15) is 46.4 Å². The molecule has 2 heterocycles. The number of hydrogen-bond donors (Lipinski definition) is 2. The lowest BCUT2D eigenvalue weighted by Crippen LogP contribution is -2.29. The Bertz CT molecular complexity index is 1360. The van der Waals surface area contributed by atoms with E-state index in [0.717, 1.165) is 16.2 Å². The molecule has 3 aromatic rings. The van der Waals surface area contributed by atoms with Gasteiger partial charge >= 0.3 is 11.9 Å². The van der Waals surface area contributed by atoms with Gasteiger partial charge in [-0.3, -0.25) is 14.5 Å². The minimum Gasteiger partial charge on any atom is -0.508 e. The fraction of sp³-hybridized carbons (Fsp3) is 0.231. The molecule has 0 bridgehead atoms. The molecule has 0 unspecified atom stereocenters. The number of methoxy groups -OCH3 is 1. The fourth-order valence-electron chi connectivity index (χ4n) is 3.89. The summed E-state index contributed by atoms with van der Waals surface area (Å²) in [6.07, 6.45) is -0.0408. The van der Waals surface area contributed by atoms with Crippen molar-refractivity contribution < 1.29 is 34.1 Å². The first kappa shape index (κ1) is 24.9. The van der Waals surface area contributed by atoms with Crippen LogP contribution in [0.3, 0.4) is 0 Å². The molecule has 0 aliphatic carbocycles. The van der Waals surface area contributed by atoms with Gasteiger partial charge in [-0.05, 0) is 62.7 Å². The monoisotopic (exact) mass is 508 g/mol. The minimum atomic E-state index is -1.05. The van der Waals surface area contributed by atoms with Crippen LogP contribution in [0.4, 0.5) is 5.13 Å². The topological polar surface area (TPSA) is 126 Å². The predicted molar refractivity (Wildman–Crippen MR) is 133 cm³/mol. The summed E-state index contributed by atoms with van der Waals surface area (Å²) < 4.78 is 10.4. The van der Waals surface area contributed by atoms with Gasteiger partial charge in [0.2, 0.25) is 0 Å². The minimum absolute atomic E-state index is 0.00508. The molecule has 4 rings (SSSR count). The van der Waals surface area contributed by atoms with E-state index in [9.17, 15) is 24.6 Å². The molecule has 0 saturated carbocycles. The molecule has 0 spiro atoms. The second-order valence-corrected chi connectivity index (χ2v) is 9.33. The molecule has 1 fully saturated rings. The van der Waals surface area contributed by atoms with Gasteiger partial charge < -0.3 is 19.7 Å². The van der Waals surface area contributed by atoms with E-state index in [0.29, 0.717) is 22.6 Å². The standard InChI is InChI=1S/C26H24N2O7S/c1-13(2)35-18-11-7-16(8-12-18)21(30)19-20(15-5-9-17(29)10-6-15)28(24(32)22(19)31)26-27-14(3)23(36-26)25(33)34-4/h5-13,20,29-30H,1-4H3/t20-/m1/s1. The highest BCUT2D eigenvalue weighted by molar-refractivity contribution is 7.17. The number of amides is 1. The third-order valence-corrected chi connectivity index (χ3v) is 6.65. The summed E-state index contributed by atoms with van der Waals surface area (Å²) in [6, 6.07) is 11.4. The average molecular weight is 509 g/mol. The Morgan fingerprint density at radius 3 is 2.31 bits per heavy atom. The summed E-state index contributed by atoms with van der Waals surface area (Å²) >= 11 is 0.911. The van der Waals surface area contributed by atoms with Gasteiger partial charge in [-0.2, -0.15) is 0 Å². The van der Waals surface area contributed by atoms with Gasteiger partial charge in [0, 0.05) is 5.56 Å². The molecule has 2 aromatic carbocycles. The van der Waals surface area contributed by atoms with Crippen LogP contribution in [0.15, 0.2) is 54.1 Å². The number of aliphatic hydroxyl groups excluding tert-OH is 1. The zero-order valence-electron chi connectivity index (χ0n) is 20.0. The number of rotatable bonds is 6. The average Bonchev–Trinajstić information content (AvgIpc) is 3.35. The number of thiazole rings is 1. The maximum atomic E-state index is 13.3. The van der Waals surface area contributed by atoms with Crippen LogP contribution < -0.4 is 9.64 Å². The first-order valence-corrected chi connectivity index (χ1v) is 11.9. The number of hydrogen-bond acceptors (Lipinski definition) is 9. The normalized spacial score (nSPS) is 17.0. The molecule has 9 nitrogen and oxygen atoms in total. The number of aliphatic hydroxyl groups is 1. The molecule has 1 aliphatic rings. The van der Waals surface area contributed by atoms with Crippen molar-refractivity contribution in [1.29, 1.82) is 0 Å². The van der Waals surface area contributed by atoms with E-state index in [1.165, 1.54) is 19.2 Å². The Kier molecular flexibility index (Phi) is 6.80. The second-order valence-electron chi connectivity index (χ2n) is 8.35. The van der Waals surface area contributed by atoms with Gasteiger partial charge in [0.15, 0.2) is 5.13 Å². The number of ketones is 1. The summed E-state index contributed by atoms with van der Waals surface area (Å²) in [6.45, 7) is 5.37. The number of anilines is 1. The zero-order chi connectivity index (χ0) is 26.1. The van der Waals surface area contributed by atoms with Gasteiger partial charge in [0.25, 0.3) is 5.78 Å². The lowest BCUT2D eigenvalue weighted by atomic mass is 9.95. The van der Waals surface area contributed by atoms with E-state index in [1.54, 1.807) is 43.3 Å². The number of carbonyl (C=O) groups is 3. The second kappa shape index (κ2) is 9.82. The SMILES string of the molecule is COC(=O)c1sc(N2C(=O)C(=O)C(=C(O)c3ccc(OC(C)C)cc3)[C@H]2c2ccc(O)cc2)nc1C. The van der Waals surface area contributed by atoms with Crippen molar-refractivity contribution in [3.8, 4) is 11.5 Å². The number of nitrogens with zero attached hydrogens (tertiary/aromatic N) is 2. The van der Waals surface area contributed by atoms with Crippen LogP contribution in [-0.2, 0) is 14.3 Å². The summed E-state index contributed by atoms with van der Waals surface area (Å²) in [5.41, 5.74) is 0.976. The van der Waals surface area contributed by atoms with Crippen LogP contribution in [0.2, 0.25) is 0 Å². The predicted octanol–water partition coefficient (Wildman–Crippen LogP) is 4.36. The van der Waals surface area contributed by atoms with Crippen LogP contribution in [-0.4, -0.2) is 46.1 Å². The number of aryl methyl sites for hydroxylation is 1. The molecule has 0 radical (unpaired) electrons. The molecule has 1 amide bonds. The van der Waals surface area contributed by atoms with Gasteiger partial charge in [0.05, 0.1) is 30.5 Å². The maximum absolute atomic E-state index is 13.3. The molecular formula is C26H24N2O7S. The molecule has 186 valence electrons. The zero-order valence-corrected chi connectivity index (χ0v) is 20.8. The Morgan fingerprint density at radius 1 is 1.08 bits per heavy atom. The summed E-state index contributed by atoms with van der Waals surface area (Å²) in [7, 11) is 1.24. The van der Waals surface area contributed by atoms with Crippen LogP contribution in [0, 0.1) is 6.92 Å². The van der Waals surface area contributed by atoms with E-state index < -0.39 is 23.7 Å². The van der Waals surface area contributed by atoms with E-state index in [2.05, 4.69) is 4.98 Å². The molecule has 1 aromatic heterocycles. The van der Waals surface area contributed by atoms with Crippen molar-refractivity contribution in [2.45, 2.75) is 32.9 Å². The molecule has 10 heteroatoms. The van der Waals surface area contributed by atoms with Crippen molar-refractivity contribution in [1.82, 2.24) is 4.98 Å². The smallest absolute Gasteiger partial charge is 0.350 e. The highest BCUT2D eigenvalue weighted by Crippen LogP contribution is 2.44. The van der Waals surface area contributed by atoms with Crippen molar-refractivity contribution in [2.24, 2.45) is 0 Å². The lowest BCUT2D eigenvalue weighted by Gasteiger charge is -2.23. The van der Waals surface area contributed by atoms with Crippen molar-refractivity contribution in [2.75, 3.05) is 12.0 Å². The number of phenols is 1. The quantitative estimate of drug-likeness (QED) is 0.218. The van der Waals surface area contributed by atoms with Crippen LogP contribution in [0.5, 0.6) is 11.5 Å². The highest BCUT2D eigenvalue weighted by Gasteiger charge is 2.48. The third-order valence-electron chi connectivity index (χ3n) is 5.51. The van der Waals surface area contributed by atoms with Crippen LogP contribution in [0.25, 0.3) is 5.76 Å². The number of aromatic nitrogens is 1. The van der Waals surface area contributed by atoms with Crippen molar-refractivity contribution in [3.63, 3.8) is 0 Å². The van der Waals surface area contributed by atoms with E-state index >= 15 is 0 Å². The maximum Gasteiger partial charge on any atom is 0.350 e.